The van der Waals surface area contributed by atoms with Crippen LogP contribution in [-0.4, -0.2) is 30.5 Å². The number of methoxy groups -OCH3 is 1. The van der Waals surface area contributed by atoms with Gasteiger partial charge in [0.2, 0.25) is 5.88 Å². The molecule has 4 nitrogen and oxygen atoms in total. The van der Waals surface area contributed by atoms with Gasteiger partial charge in [0.1, 0.15) is 5.56 Å². The Hall–Kier alpha value is -1.68. The minimum absolute atomic E-state index is 0.398. The molecule has 0 fully saturated rings. The summed E-state index contributed by atoms with van der Waals surface area (Å²) in [4.78, 5) is 15.0. The maximum absolute atomic E-state index is 11.9. The van der Waals surface area contributed by atoms with Crippen molar-refractivity contribution in [1.82, 2.24) is 4.98 Å². The van der Waals surface area contributed by atoms with Gasteiger partial charge < -0.3 is 14.5 Å². The van der Waals surface area contributed by atoms with Crippen LogP contribution in [0.25, 0.3) is 10.9 Å². The summed E-state index contributed by atoms with van der Waals surface area (Å²) in [7, 11) is 1.36. The van der Waals surface area contributed by atoms with Gasteiger partial charge >= 0.3 is 5.97 Å². The summed E-state index contributed by atoms with van der Waals surface area (Å²) in [6, 6.07) is 7.54. The van der Waals surface area contributed by atoms with Gasteiger partial charge in [0.25, 0.3) is 0 Å². The summed E-state index contributed by atoms with van der Waals surface area (Å²) in [6.07, 6.45) is 1.73. The maximum Gasteiger partial charge on any atom is 0.344 e. The first kappa shape index (κ1) is 13.7. The van der Waals surface area contributed by atoms with Gasteiger partial charge in [0, 0.05) is 16.8 Å². The normalized spacial score (nSPS) is 10.6. The third-order valence-electron chi connectivity index (χ3n) is 2.84. The Labute approximate surface area is 116 Å². The number of H-pyrrole nitrogens is 1. The van der Waals surface area contributed by atoms with E-state index in [1.165, 1.54) is 7.11 Å². The molecule has 1 N–H and O–H groups in total. The number of aromatic nitrogens is 1. The fourth-order valence-corrected chi connectivity index (χ4v) is 2.09. The highest BCUT2D eigenvalue weighted by molar-refractivity contribution is 6.17. The summed E-state index contributed by atoms with van der Waals surface area (Å²) in [5, 5.41) is 0.807. The second-order valence-corrected chi connectivity index (χ2v) is 4.49. The van der Waals surface area contributed by atoms with Crippen LogP contribution in [0.5, 0.6) is 5.88 Å². The number of para-hydroxylation sites is 1. The number of halogens is 1. The summed E-state index contributed by atoms with van der Waals surface area (Å²) in [5.74, 6) is 0.673. The predicted octanol–water partition coefficient (Wildman–Crippen LogP) is 3.35. The van der Waals surface area contributed by atoms with E-state index in [9.17, 15) is 4.79 Å². The summed E-state index contributed by atoms with van der Waals surface area (Å²) < 4.78 is 10.4. The number of carbonyl (C=O) groups is 1. The number of benzene rings is 1. The highest BCUT2D eigenvalue weighted by atomic mass is 35.5. The molecule has 0 aliphatic carbocycles. The van der Waals surface area contributed by atoms with Crippen molar-refractivity contribution in [3.63, 3.8) is 0 Å². The molecule has 5 heteroatoms. The van der Waals surface area contributed by atoms with E-state index in [2.05, 4.69) is 4.98 Å². The molecule has 0 aliphatic rings. The third kappa shape index (κ3) is 3.01. The van der Waals surface area contributed by atoms with Crippen molar-refractivity contribution in [2.24, 2.45) is 0 Å². The summed E-state index contributed by atoms with van der Waals surface area (Å²) >= 11 is 5.61. The number of nitrogens with one attached hydrogen (secondary N) is 1. The van der Waals surface area contributed by atoms with E-state index in [-0.39, 0.29) is 0 Å². The van der Waals surface area contributed by atoms with Crippen molar-refractivity contribution in [3.05, 3.63) is 29.8 Å². The largest absolute Gasteiger partial charge is 0.478 e. The lowest BCUT2D eigenvalue weighted by Gasteiger charge is -2.05. The van der Waals surface area contributed by atoms with E-state index in [1.807, 2.05) is 24.3 Å². The van der Waals surface area contributed by atoms with Crippen molar-refractivity contribution in [2.45, 2.75) is 12.8 Å². The number of fused-ring (bicyclic) bond motifs is 1. The Morgan fingerprint density at radius 3 is 2.84 bits per heavy atom. The van der Waals surface area contributed by atoms with E-state index in [0.29, 0.717) is 23.9 Å². The SMILES string of the molecule is COC(=O)c1c(OCCCCCl)[nH]c2ccccc12. The third-order valence-corrected chi connectivity index (χ3v) is 3.10. The van der Waals surface area contributed by atoms with E-state index in [0.717, 1.165) is 23.7 Å². The number of hydrogen-bond acceptors (Lipinski definition) is 3. The minimum Gasteiger partial charge on any atom is -0.478 e. The fourth-order valence-electron chi connectivity index (χ4n) is 1.90. The molecular weight excluding hydrogens is 266 g/mol. The molecule has 0 unspecified atom stereocenters. The standard InChI is InChI=1S/C14H16ClNO3/c1-18-14(17)12-10-6-2-3-7-11(10)16-13(12)19-9-5-4-8-15/h2-3,6-7,16H,4-5,8-9H2,1H3. The van der Waals surface area contributed by atoms with Crippen molar-refractivity contribution in [3.8, 4) is 5.88 Å². The van der Waals surface area contributed by atoms with Crippen molar-refractivity contribution in [2.75, 3.05) is 19.6 Å². The Morgan fingerprint density at radius 1 is 1.32 bits per heavy atom. The molecule has 0 saturated carbocycles. The summed E-state index contributed by atoms with van der Waals surface area (Å²) in [6.45, 7) is 0.517. The molecule has 1 aromatic heterocycles. The van der Waals surface area contributed by atoms with Crippen LogP contribution in [-0.2, 0) is 4.74 Å². The molecule has 0 aliphatic heterocycles. The molecule has 2 rings (SSSR count). The van der Waals surface area contributed by atoms with E-state index < -0.39 is 5.97 Å². The van der Waals surface area contributed by atoms with Crippen LogP contribution < -0.4 is 4.74 Å². The number of aromatic amines is 1. The number of hydrogen-bond donors (Lipinski definition) is 1. The van der Waals surface area contributed by atoms with Gasteiger partial charge in [0.05, 0.1) is 13.7 Å². The molecular formula is C14H16ClNO3. The van der Waals surface area contributed by atoms with Gasteiger partial charge in [-0.2, -0.15) is 0 Å². The number of esters is 1. The van der Waals surface area contributed by atoms with E-state index >= 15 is 0 Å². The molecule has 0 radical (unpaired) electrons. The molecule has 0 spiro atoms. The molecule has 0 saturated heterocycles. The Balaban J connectivity index is 2.28. The zero-order valence-electron chi connectivity index (χ0n) is 10.7. The number of unbranched alkanes of at least 4 members (excludes halogenated alkanes) is 1. The second-order valence-electron chi connectivity index (χ2n) is 4.11. The lowest BCUT2D eigenvalue weighted by atomic mass is 10.2. The average molecular weight is 282 g/mol. The number of rotatable bonds is 6. The highest BCUT2D eigenvalue weighted by Gasteiger charge is 2.20. The van der Waals surface area contributed by atoms with Crippen LogP contribution in [0.3, 0.4) is 0 Å². The zero-order valence-corrected chi connectivity index (χ0v) is 11.5. The zero-order chi connectivity index (χ0) is 13.7. The highest BCUT2D eigenvalue weighted by Crippen LogP contribution is 2.28. The first-order valence-electron chi connectivity index (χ1n) is 6.15. The predicted molar refractivity (Wildman–Crippen MR) is 75.1 cm³/mol. The van der Waals surface area contributed by atoms with Crippen molar-refractivity contribution >= 4 is 28.5 Å². The fraction of sp³-hybridized carbons (Fsp3) is 0.357. The van der Waals surface area contributed by atoms with Crippen LogP contribution in [0.15, 0.2) is 24.3 Å². The monoisotopic (exact) mass is 281 g/mol. The van der Waals surface area contributed by atoms with Gasteiger partial charge in [0.15, 0.2) is 0 Å². The van der Waals surface area contributed by atoms with Gasteiger partial charge in [-0.3, -0.25) is 0 Å². The molecule has 1 aromatic carbocycles. The van der Waals surface area contributed by atoms with Crippen LogP contribution in [0, 0.1) is 0 Å². The lowest BCUT2D eigenvalue weighted by Crippen LogP contribution is -2.05. The van der Waals surface area contributed by atoms with Gasteiger partial charge in [-0.15, -0.1) is 11.6 Å². The van der Waals surface area contributed by atoms with E-state index in [1.54, 1.807) is 0 Å². The Kier molecular flexibility index (Phi) is 4.68. The number of ether oxygens (including phenoxy) is 2. The topological polar surface area (TPSA) is 51.3 Å². The van der Waals surface area contributed by atoms with E-state index in [4.69, 9.17) is 21.1 Å². The quantitative estimate of drug-likeness (QED) is 0.502. The Bertz CT molecular complexity index is 565. The summed E-state index contributed by atoms with van der Waals surface area (Å²) in [5.41, 5.74) is 1.30. The van der Waals surface area contributed by atoms with Crippen molar-refractivity contribution < 1.29 is 14.3 Å². The lowest BCUT2D eigenvalue weighted by molar-refractivity contribution is 0.0598. The Morgan fingerprint density at radius 2 is 2.11 bits per heavy atom. The average Bonchev–Trinajstić information content (AvgIpc) is 2.81. The molecule has 1 heterocycles. The number of carbonyl (C=O) groups excluding carboxylic acids is 1. The molecule has 102 valence electrons. The minimum atomic E-state index is -0.398. The van der Waals surface area contributed by atoms with Crippen LogP contribution in [0.4, 0.5) is 0 Å². The second kappa shape index (κ2) is 6.48. The first-order valence-corrected chi connectivity index (χ1v) is 6.69. The molecule has 19 heavy (non-hydrogen) atoms. The van der Waals surface area contributed by atoms with Gasteiger partial charge in [-0.1, -0.05) is 18.2 Å². The molecule has 0 amide bonds. The molecule has 0 atom stereocenters. The molecule has 2 aromatic rings. The smallest absolute Gasteiger partial charge is 0.344 e. The first-order chi connectivity index (χ1) is 9.27. The number of alkyl halides is 1. The van der Waals surface area contributed by atoms with Gasteiger partial charge in [-0.05, 0) is 18.9 Å². The molecule has 0 bridgehead atoms. The van der Waals surface area contributed by atoms with Crippen LogP contribution >= 0.6 is 11.6 Å². The maximum atomic E-state index is 11.9. The van der Waals surface area contributed by atoms with Crippen LogP contribution in [0.1, 0.15) is 23.2 Å². The van der Waals surface area contributed by atoms with Gasteiger partial charge in [-0.25, -0.2) is 4.79 Å². The van der Waals surface area contributed by atoms with Crippen molar-refractivity contribution in [1.29, 1.82) is 0 Å². The van der Waals surface area contributed by atoms with Crippen LogP contribution in [0.2, 0.25) is 0 Å².